The molecule has 1 aromatic rings. The first-order valence-electron chi connectivity index (χ1n) is 4.35. The number of carbonyl (C=O) groups is 1. The van der Waals surface area contributed by atoms with Crippen LogP contribution in [0.3, 0.4) is 0 Å². The molecule has 0 aliphatic heterocycles. The molecule has 1 aromatic carbocycles. The van der Waals surface area contributed by atoms with Gasteiger partial charge in [-0.1, -0.05) is 23.4 Å². The highest BCUT2D eigenvalue weighted by Crippen LogP contribution is 2.25. The molecule has 4 heteroatoms. The highest BCUT2D eigenvalue weighted by Gasteiger charge is 2.06. The van der Waals surface area contributed by atoms with E-state index in [-0.39, 0.29) is 11.3 Å². The van der Waals surface area contributed by atoms with Gasteiger partial charge in [-0.05, 0) is 12.1 Å². The number of hydrogen-bond acceptors (Lipinski definition) is 3. The minimum absolute atomic E-state index is 0.138. The van der Waals surface area contributed by atoms with Crippen LogP contribution in [0, 0.1) is 11.8 Å². The van der Waals surface area contributed by atoms with E-state index in [0.29, 0.717) is 29.8 Å². The Morgan fingerprint density at radius 3 is 2.87 bits per heavy atom. The summed E-state index contributed by atoms with van der Waals surface area (Å²) in [4.78, 5) is 10.6. The molecule has 0 saturated heterocycles. The molecular weight excluding hydrogens is 214 g/mol. The van der Waals surface area contributed by atoms with Gasteiger partial charge >= 0.3 is 0 Å². The maximum Gasteiger partial charge on any atom is 0.153 e. The molecule has 3 N–H and O–H groups in total. The Morgan fingerprint density at radius 2 is 2.27 bits per heavy atom. The van der Waals surface area contributed by atoms with Gasteiger partial charge in [0.2, 0.25) is 0 Å². The van der Waals surface area contributed by atoms with E-state index in [4.69, 9.17) is 17.3 Å². The molecule has 15 heavy (non-hydrogen) atoms. The molecule has 0 amide bonds. The highest BCUT2D eigenvalue weighted by atomic mass is 35.5. The van der Waals surface area contributed by atoms with Crippen molar-refractivity contribution in [1.82, 2.24) is 0 Å². The number of aldehydes is 1. The molecule has 0 atom stereocenters. The van der Waals surface area contributed by atoms with E-state index in [2.05, 4.69) is 11.8 Å². The van der Waals surface area contributed by atoms with E-state index < -0.39 is 0 Å². The van der Waals surface area contributed by atoms with Gasteiger partial charge in [-0.25, -0.2) is 0 Å². The molecule has 0 radical (unpaired) electrons. The van der Waals surface area contributed by atoms with Crippen LogP contribution in [0.2, 0.25) is 5.02 Å². The van der Waals surface area contributed by atoms with Crippen LogP contribution < -0.4 is 5.73 Å². The summed E-state index contributed by atoms with van der Waals surface area (Å²) in [6, 6.07) is 2.89. The van der Waals surface area contributed by atoms with E-state index in [1.54, 1.807) is 0 Å². The van der Waals surface area contributed by atoms with Crippen molar-refractivity contribution in [2.45, 2.75) is 6.42 Å². The molecule has 0 aliphatic rings. The van der Waals surface area contributed by atoms with E-state index >= 15 is 0 Å². The van der Waals surface area contributed by atoms with Crippen molar-refractivity contribution in [3.63, 3.8) is 0 Å². The van der Waals surface area contributed by atoms with Crippen LogP contribution in [0.25, 0.3) is 0 Å². The Bertz CT molecular complexity index is 432. The van der Waals surface area contributed by atoms with Crippen molar-refractivity contribution in [1.29, 1.82) is 0 Å². The first-order valence-corrected chi connectivity index (χ1v) is 4.73. The summed E-state index contributed by atoms with van der Waals surface area (Å²) in [7, 11) is 0. The lowest BCUT2D eigenvalue weighted by Gasteiger charge is -2.01. The minimum Gasteiger partial charge on any atom is -0.506 e. The lowest BCUT2D eigenvalue weighted by molar-refractivity contribution is 0.112. The topological polar surface area (TPSA) is 63.3 Å². The summed E-state index contributed by atoms with van der Waals surface area (Å²) in [6.45, 7) is 0.453. The summed E-state index contributed by atoms with van der Waals surface area (Å²) >= 11 is 5.75. The number of carbonyl (C=O) groups excluding carboxylic acids is 1. The lowest BCUT2D eigenvalue weighted by Crippen LogP contribution is -1.95. The number of aromatic hydroxyl groups is 1. The number of phenols is 1. The zero-order valence-corrected chi connectivity index (χ0v) is 8.71. The maximum atomic E-state index is 10.6. The van der Waals surface area contributed by atoms with Gasteiger partial charge in [0.15, 0.2) is 6.29 Å². The van der Waals surface area contributed by atoms with Crippen LogP contribution in [0.4, 0.5) is 0 Å². The van der Waals surface area contributed by atoms with Crippen molar-refractivity contribution in [3.8, 4) is 17.6 Å². The summed E-state index contributed by atoms with van der Waals surface area (Å²) in [5.41, 5.74) is 5.75. The SMILES string of the molecule is NCCC#Cc1cc(Cl)cc(C=O)c1O. The van der Waals surface area contributed by atoms with E-state index in [0.717, 1.165) is 0 Å². The molecule has 0 fully saturated rings. The van der Waals surface area contributed by atoms with Crippen LogP contribution in [-0.2, 0) is 0 Å². The van der Waals surface area contributed by atoms with Gasteiger partial charge in [0.1, 0.15) is 5.75 Å². The summed E-state index contributed by atoms with van der Waals surface area (Å²) in [5.74, 6) is 5.33. The van der Waals surface area contributed by atoms with Gasteiger partial charge in [-0.2, -0.15) is 0 Å². The lowest BCUT2D eigenvalue weighted by atomic mass is 10.1. The molecule has 0 saturated carbocycles. The Hall–Kier alpha value is -1.50. The molecule has 0 spiro atoms. The Morgan fingerprint density at radius 1 is 1.53 bits per heavy atom. The average molecular weight is 224 g/mol. The zero-order chi connectivity index (χ0) is 11.3. The minimum atomic E-state index is -0.140. The molecular formula is C11H10ClNO2. The fraction of sp³-hybridized carbons (Fsp3) is 0.182. The monoisotopic (exact) mass is 223 g/mol. The predicted octanol–water partition coefficient (Wildman–Crippen LogP) is 1.56. The number of rotatable bonds is 2. The first kappa shape index (κ1) is 11.6. The fourth-order valence-corrected chi connectivity index (χ4v) is 1.26. The standard InChI is InChI=1S/C11H10ClNO2/c12-10-5-8(3-1-2-4-13)11(15)9(6-10)7-14/h5-7,15H,2,4,13H2. The van der Waals surface area contributed by atoms with Gasteiger partial charge in [-0.15, -0.1) is 0 Å². The van der Waals surface area contributed by atoms with Crippen molar-refractivity contribution in [2.24, 2.45) is 5.73 Å². The van der Waals surface area contributed by atoms with Gasteiger partial charge < -0.3 is 10.8 Å². The van der Waals surface area contributed by atoms with Crippen LogP contribution >= 0.6 is 11.6 Å². The Balaban J connectivity index is 3.13. The van der Waals surface area contributed by atoms with Crippen LogP contribution in [0.1, 0.15) is 22.3 Å². The first-order chi connectivity index (χ1) is 7.19. The van der Waals surface area contributed by atoms with Gasteiger partial charge in [-0.3, -0.25) is 4.79 Å². The summed E-state index contributed by atoms with van der Waals surface area (Å²) in [6.07, 6.45) is 1.07. The van der Waals surface area contributed by atoms with E-state index in [1.165, 1.54) is 12.1 Å². The van der Waals surface area contributed by atoms with Gasteiger partial charge in [0.05, 0.1) is 11.1 Å². The third-order valence-corrected chi connectivity index (χ3v) is 1.94. The fourth-order valence-electron chi connectivity index (χ4n) is 1.04. The zero-order valence-electron chi connectivity index (χ0n) is 7.96. The molecule has 0 unspecified atom stereocenters. The van der Waals surface area contributed by atoms with Crippen LogP contribution in [0.15, 0.2) is 12.1 Å². The quantitative estimate of drug-likeness (QED) is 0.591. The molecule has 0 aromatic heterocycles. The average Bonchev–Trinajstić information content (AvgIpc) is 2.23. The third kappa shape index (κ3) is 2.98. The smallest absolute Gasteiger partial charge is 0.153 e. The number of phenolic OH excluding ortho intramolecular Hbond substituents is 1. The molecule has 3 nitrogen and oxygen atoms in total. The Labute approximate surface area is 92.9 Å². The van der Waals surface area contributed by atoms with E-state index in [1.807, 2.05) is 0 Å². The predicted molar refractivity (Wildman–Crippen MR) is 59.1 cm³/mol. The molecule has 0 aliphatic carbocycles. The number of nitrogens with two attached hydrogens (primary N) is 1. The van der Waals surface area contributed by atoms with Crippen molar-refractivity contribution >= 4 is 17.9 Å². The number of benzene rings is 1. The summed E-state index contributed by atoms with van der Waals surface area (Å²) < 4.78 is 0. The molecule has 78 valence electrons. The maximum absolute atomic E-state index is 10.6. The largest absolute Gasteiger partial charge is 0.506 e. The second-order valence-electron chi connectivity index (χ2n) is 2.85. The molecule has 0 bridgehead atoms. The molecule has 1 rings (SSSR count). The van der Waals surface area contributed by atoms with Crippen molar-refractivity contribution < 1.29 is 9.90 Å². The second-order valence-corrected chi connectivity index (χ2v) is 3.29. The van der Waals surface area contributed by atoms with Crippen molar-refractivity contribution in [2.75, 3.05) is 6.54 Å². The third-order valence-electron chi connectivity index (χ3n) is 1.72. The second kappa shape index (κ2) is 5.40. The van der Waals surface area contributed by atoms with Crippen LogP contribution in [0.5, 0.6) is 5.75 Å². The van der Waals surface area contributed by atoms with Gasteiger partial charge in [0.25, 0.3) is 0 Å². The van der Waals surface area contributed by atoms with E-state index in [9.17, 15) is 9.90 Å². The normalized spacial score (nSPS) is 9.20. The number of hydrogen-bond donors (Lipinski definition) is 2. The van der Waals surface area contributed by atoms with Gasteiger partial charge in [0, 0.05) is 18.0 Å². The molecule has 0 heterocycles. The highest BCUT2D eigenvalue weighted by molar-refractivity contribution is 6.31. The van der Waals surface area contributed by atoms with Crippen molar-refractivity contribution in [3.05, 3.63) is 28.3 Å². The summed E-state index contributed by atoms with van der Waals surface area (Å²) in [5, 5.41) is 9.96. The number of halogens is 1. The Kier molecular flexibility index (Phi) is 4.17. The van der Waals surface area contributed by atoms with Crippen LogP contribution in [-0.4, -0.2) is 17.9 Å².